The zero-order chi connectivity index (χ0) is 63.2. The van der Waals surface area contributed by atoms with Crippen LogP contribution in [0.1, 0.15) is 43.9 Å². The number of hydrogen-bond donors (Lipinski definition) is 0. The molecular formula is C54H32. The maximum Gasteiger partial charge on any atom is 0.0636 e. The molecule has 54 heavy (non-hydrogen) atoms. The van der Waals surface area contributed by atoms with Crippen molar-refractivity contribution in [1.82, 2.24) is 0 Å². The third kappa shape index (κ3) is 4.32. The lowest BCUT2D eigenvalue weighted by molar-refractivity contribution is 1.58. The highest BCUT2D eigenvalue weighted by Gasteiger charge is 2.17. The second-order valence-corrected chi connectivity index (χ2v) is 12.2. The molecule has 12 aromatic rings. The Morgan fingerprint density at radius 2 is 0.593 bits per heavy atom. The Balaban J connectivity index is 1.29. The summed E-state index contributed by atoms with van der Waals surface area (Å²) in [6.45, 7) is 0. The molecule has 0 aliphatic heterocycles. The molecule has 12 aromatic carbocycles. The summed E-state index contributed by atoms with van der Waals surface area (Å²) in [7, 11) is 0. The van der Waals surface area contributed by atoms with Crippen LogP contribution in [-0.2, 0) is 0 Å². The molecule has 0 nitrogen and oxygen atoms in total. The number of benzene rings is 12. The lowest BCUT2D eigenvalue weighted by Gasteiger charge is -2.17. The van der Waals surface area contributed by atoms with Gasteiger partial charge in [-0.15, -0.1) is 0 Å². The second kappa shape index (κ2) is 11.2. The van der Waals surface area contributed by atoms with Crippen molar-refractivity contribution in [2.24, 2.45) is 0 Å². The van der Waals surface area contributed by atoms with E-state index in [1.807, 2.05) is 0 Å². The Morgan fingerprint density at radius 1 is 0.222 bits per heavy atom. The van der Waals surface area contributed by atoms with Crippen molar-refractivity contribution in [3.05, 3.63) is 193 Å². The highest BCUT2D eigenvalue weighted by atomic mass is 14.2. The Morgan fingerprint density at radius 3 is 1.19 bits per heavy atom. The molecule has 12 rings (SSSR count). The molecule has 0 bridgehead atoms. The van der Waals surface area contributed by atoms with E-state index >= 15 is 0 Å². The van der Waals surface area contributed by atoms with E-state index in [1.54, 1.807) is 0 Å². The van der Waals surface area contributed by atoms with Gasteiger partial charge in [0.05, 0.1) is 43.9 Å². The number of hydrogen-bond acceptors (Lipinski definition) is 0. The summed E-state index contributed by atoms with van der Waals surface area (Å²) in [5.74, 6) is 0. The van der Waals surface area contributed by atoms with Crippen molar-refractivity contribution in [3.63, 3.8) is 0 Å². The highest BCUT2D eigenvalue weighted by molar-refractivity contribution is 6.26. The second-order valence-electron chi connectivity index (χ2n) is 12.2. The lowest BCUT2D eigenvalue weighted by Crippen LogP contribution is -1.91. The van der Waals surface area contributed by atoms with Crippen LogP contribution < -0.4 is 0 Å². The summed E-state index contributed by atoms with van der Waals surface area (Å²) in [4.78, 5) is 0. The summed E-state index contributed by atoms with van der Waals surface area (Å²) in [5.41, 5.74) is -7.39. The summed E-state index contributed by atoms with van der Waals surface area (Å²) >= 11 is 0. The van der Waals surface area contributed by atoms with E-state index in [-0.39, 0.29) is 16.2 Å². The Kier molecular flexibility index (Phi) is 2.55. The van der Waals surface area contributed by atoms with Gasteiger partial charge in [0.1, 0.15) is 0 Å². The van der Waals surface area contributed by atoms with Crippen LogP contribution in [0, 0.1) is 0 Å². The molecule has 0 fully saturated rings. The molecule has 0 amide bonds. The molecule has 0 spiro atoms. The lowest BCUT2D eigenvalue weighted by atomic mass is 9.86. The standard InChI is InChI=1S/C54H32/c1-2-6-42-31-43(20-11-33(42)5-1)50-32-44(47-27-22-41-19-17-37-8-4-10-39-24-30-49(47)54(41)52(37)39)25-28-46(50)35-14-12-34(13-15-35)45-26-21-40-18-16-36-7-3-9-38-23-29-48(45)53(40)51(36)38/h1-32H/i1D,2D,3D,4D,5D,6D,7D,8D,9D,10D,11D,12D,13D,14D,15D,16D,17D,18D,19D,20D,21D,22D,23D,24D,25D,26D,27D,28D,29D,30D,31D,32D. The van der Waals surface area contributed by atoms with Gasteiger partial charge in [-0.05, 0) is 132 Å². The first kappa shape index (κ1) is 12.3. The first-order valence-corrected chi connectivity index (χ1v) is 16.2. The molecule has 0 N–H and O–H groups in total. The molecule has 0 saturated carbocycles. The predicted octanol–water partition coefficient (Wildman–Crippen LogP) is 15.3. The minimum Gasteiger partial charge on any atom is -0.0616 e. The van der Waals surface area contributed by atoms with E-state index < -0.39 is 297 Å². The van der Waals surface area contributed by atoms with Crippen molar-refractivity contribution >= 4 is 75.4 Å². The van der Waals surface area contributed by atoms with Gasteiger partial charge in [0.2, 0.25) is 0 Å². The summed E-state index contributed by atoms with van der Waals surface area (Å²) in [5, 5.41) is -6.92. The van der Waals surface area contributed by atoms with E-state index in [0.717, 1.165) is 0 Å². The van der Waals surface area contributed by atoms with Gasteiger partial charge in [-0.25, -0.2) is 0 Å². The van der Waals surface area contributed by atoms with Crippen LogP contribution in [0.2, 0.25) is 0 Å². The summed E-state index contributed by atoms with van der Waals surface area (Å²) < 4.78 is 294. The van der Waals surface area contributed by atoms with E-state index in [2.05, 4.69) is 0 Å². The summed E-state index contributed by atoms with van der Waals surface area (Å²) in [6, 6.07) is -30.0. The quantitative estimate of drug-likeness (QED) is 0.159. The zero-order valence-corrected chi connectivity index (χ0v) is 27.0. The largest absolute Gasteiger partial charge is 0.0636 e. The molecule has 0 unspecified atom stereocenters. The number of rotatable bonds is 4. The van der Waals surface area contributed by atoms with Crippen LogP contribution >= 0.6 is 0 Å². The van der Waals surface area contributed by atoms with Gasteiger partial charge in [0, 0.05) is 0 Å². The summed E-state index contributed by atoms with van der Waals surface area (Å²) in [6.07, 6.45) is 0. The minimum absolute atomic E-state index is 0.314. The molecule has 0 radical (unpaired) electrons. The van der Waals surface area contributed by atoms with Gasteiger partial charge in [-0.2, -0.15) is 0 Å². The number of fused-ring (bicyclic) bond motifs is 1. The van der Waals surface area contributed by atoms with Crippen molar-refractivity contribution < 1.29 is 43.9 Å². The van der Waals surface area contributed by atoms with Crippen LogP contribution in [0.15, 0.2) is 193 Å². The molecule has 0 atom stereocenters. The van der Waals surface area contributed by atoms with Crippen LogP contribution in [-0.4, -0.2) is 0 Å². The van der Waals surface area contributed by atoms with Crippen molar-refractivity contribution in [2.45, 2.75) is 0 Å². The van der Waals surface area contributed by atoms with E-state index in [0.29, 0.717) is 0 Å². The van der Waals surface area contributed by atoms with Crippen LogP contribution in [0.25, 0.3) is 120 Å². The van der Waals surface area contributed by atoms with Gasteiger partial charge in [-0.3, -0.25) is 0 Å². The van der Waals surface area contributed by atoms with Gasteiger partial charge >= 0.3 is 0 Å². The smallest absolute Gasteiger partial charge is 0.0616 e. The van der Waals surface area contributed by atoms with E-state index in [4.69, 9.17) is 20.6 Å². The maximum absolute atomic E-state index is 10.2. The normalized spacial score (nSPS) is 20.4. The Labute approximate surface area is 357 Å². The Hall–Kier alpha value is -7.02. The molecule has 0 aromatic heterocycles. The average Bonchev–Trinajstić information content (AvgIpc) is 0.703. The van der Waals surface area contributed by atoms with Crippen molar-refractivity contribution in [2.75, 3.05) is 0 Å². The maximum atomic E-state index is 10.2. The van der Waals surface area contributed by atoms with E-state index in [1.165, 1.54) is 0 Å². The van der Waals surface area contributed by atoms with Crippen LogP contribution in [0.5, 0.6) is 0 Å². The SMILES string of the molecule is [2H]c1c([2H])c(-c2c([2H])c([2H])c3c([2H])c([2H])c4c([2H])c([2H])c([2H])c5c([2H])c([2H])c2c3c45)c([2H])c([2H])c1-c1c([2H])c([2H])c(-c2c([2H])c([2H])c3c([2H])c([2H])c4c([2H])c([2H])c([2H])c5c([2H])c([2H])c2c3c45)c([2H])c1-c1c([2H])c([2H])c2c([2H])c([2H])c([2H])c([2H])c2c1[2H]. The Bertz CT molecular complexity index is 5220. The van der Waals surface area contributed by atoms with Crippen molar-refractivity contribution in [1.29, 1.82) is 0 Å². The fourth-order valence-corrected chi connectivity index (χ4v) is 6.88. The monoisotopic (exact) mass is 712 g/mol. The topological polar surface area (TPSA) is 0 Å². The zero-order valence-electron chi connectivity index (χ0n) is 59.0. The first-order valence-electron chi connectivity index (χ1n) is 32.2. The van der Waals surface area contributed by atoms with Gasteiger partial charge in [-0.1, -0.05) is 181 Å². The molecule has 0 aliphatic carbocycles. The molecule has 0 aliphatic rings. The van der Waals surface area contributed by atoms with Gasteiger partial charge < -0.3 is 0 Å². The fourth-order valence-electron chi connectivity index (χ4n) is 6.88. The third-order valence-corrected chi connectivity index (χ3v) is 9.31. The molecule has 248 valence electrons. The average molecular weight is 713 g/mol. The van der Waals surface area contributed by atoms with Crippen LogP contribution in [0.4, 0.5) is 0 Å². The highest BCUT2D eigenvalue weighted by Crippen LogP contribution is 2.44. The third-order valence-electron chi connectivity index (χ3n) is 9.31. The van der Waals surface area contributed by atoms with Gasteiger partial charge in [0.25, 0.3) is 0 Å². The van der Waals surface area contributed by atoms with Crippen LogP contribution in [0.3, 0.4) is 0 Å². The molecule has 0 heterocycles. The van der Waals surface area contributed by atoms with Crippen molar-refractivity contribution in [3.8, 4) is 44.5 Å². The molecule has 0 heteroatoms. The minimum atomic E-state index is -1.23. The van der Waals surface area contributed by atoms with E-state index in [9.17, 15) is 23.3 Å². The predicted molar refractivity (Wildman–Crippen MR) is 233 cm³/mol. The molecular weight excluding hydrogens is 649 g/mol. The fraction of sp³-hybridized carbons (Fsp3) is 0. The first-order chi connectivity index (χ1) is 40.1. The molecule has 0 saturated heterocycles. The van der Waals surface area contributed by atoms with Gasteiger partial charge in [0.15, 0.2) is 0 Å².